The van der Waals surface area contributed by atoms with E-state index in [1.54, 1.807) is 38.5 Å². The number of esters is 1. The molecule has 2 aromatic carbocycles. The topological polar surface area (TPSA) is 103 Å². The Balaban J connectivity index is 1.73. The van der Waals surface area contributed by atoms with E-state index in [0.717, 1.165) is 16.8 Å². The molecule has 190 valence electrons. The van der Waals surface area contributed by atoms with Crippen LogP contribution in [0.25, 0.3) is 0 Å². The molecule has 0 saturated carbocycles. The van der Waals surface area contributed by atoms with Crippen LogP contribution in [0.1, 0.15) is 42.7 Å². The van der Waals surface area contributed by atoms with Crippen molar-refractivity contribution in [2.75, 3.05) is 34.5 Å². The largest absolute Gasteiger partial charge is 0.508 e. The Kier molecular flexibility index (Phi) is 7.64. The number of methoxy groups -OCH3 is 3. The number of carbonyl (C=O) groups excluding carboxylic acids is 2. The summed E-state index contributed by atoms with van der Waals surface area (Å²) >= 11 is 0. The second kappa shape index (κ2) is 10.9. The number of hydrogen-bond donors (Lipinski definition) is 2. The van der Waals surface area contributed by atoms with Crippen LogP contribution in [-0.4, -0.2) is 51.4 Å². The van der Waals surface area contributed by atoms with Crippen molar-refractivity contribution in [2.45, 2.75) is 31.6 Å². The van der Waals surface area contributed by atoms with Crippen molar-refractivity contribution >= 4 is 11.8 Å². The average molecular weight is 494 g/mol. The van der Waals surface area contributed by atoms with E-state index in [1.807, 2.05) is 25.1 Å². The van der Waals surface area contributed by atoms with Crippen LogP contribution < -0.4 is 14.8 Å². The second-order valence-corrected chi connectivity index (χ2v) is 8.85. The van der Waals surface area contributed by atoms with Crippen LogP contribution in [0, 0.1) is 0 Å². The van der Waals surface area contributed by atoms with Crippen LogP contribution in [-0.2, 0) is 19.1 Å². The molecule has 2 aliphatic rings. The predicted octanol–water partition coefficient (Wildman–Crippen LogP) is 3.96. The normalized spacial score (nSPS) is 19.5. The number of aromatic hydroxyl groups is 1. The van der Waals surface area contributed by atoms with E-state index in [9.17, 15) is 14.7 Å². The lowest BCUT2D eigenvalue weighted by atomic mass is 9.71. The number of dihydropyridines is 1. The molecule has 0 radical (unpaired) electrons. The molecule has 0 bridgehead atoms. The van der Waals surface area contributed by atoms with Gasteiger partial charge < -0.3 is 29.4 Å². The fraction of sp³-hybridized carbons (Fsp3) is 0.357. The number of ether oxygens (including phenoxy) is 4. The van der Waals surface area contributed by atoms with Crippen LogP contribution in [0.4, 0.5) is 0 Å². The fourth-order valence-electron chi connectivity index (χ4n) is 4.95. The maximum atomic E-state index is 13.7. The molecule has 2 atom stereocenters. The number of phenols is 1. The first-order chi connectivity index (χ1) is 17.4. The summed E-state index contributed by atoms with van der Waals surface area (Å²) in [5, 5.41) is 13.2. The Labute approximate surface area is 210 Å². The Hall–Kier alpha value is -3.78. The summed E-state index contributed by atoms with van der Waals surface area (Å²) in [5.41, 5.74) is 4.07. The van der Waals surface area contributed by atoms with Gasteiger partial charge in [-0.1, -0.05) is 18.2 Å². The molecule has 8 nitrogen and oxygen atoms in total. The van der Waals surface area contributed by atoms with Crippen molar-refractivity contribution in [1.29, 1.82) is 0 Å². The highest BCUT2D eigenvalue weighted by Crippen LogP contribution is 2.46. The minimum Gasteiger partial charge on any atom is -0.508 e. The maximum Gasteiger partial charge on any atom is 0.336 e. The minimum atomic E-state index is -0.601. The van der Waals surface area contributed by atoms with Gasteiger partial charge in [0.2, 0.25) is 0 Å². The van der Waals surface area contributed by atoms with Gasteiger partial charge in [0.1, 0.15) is 12.4 Å². The smallest absolute Gasteiger partial charge is 0.336 e. The quantitative estimate of drug-likeness (QED) is 0.421. The lowest BCUT2D eigenvalue weighted by Gasteiger charge is -2.36. The first kappa shape index (κ1) is 25.3. The molecule has 0 saturated heterocycles. The zero-order chi connectivity index (χ0) is 25.8. The molecule has 0 amide bonds. The van der Waals surface area contributed by atoms with Crippen LogP contribution in [0.5, 0.6) is 17.2 Å². The molecule has 0 aromatic heterocycles. The standard InChI is InChI=1S/C28H31NO7/c1-16-25(28(32)36-12-11-33-2)26(17-5-8-20(30)9-6-17)27-21(29-16)13-19(14-22(27)31)18-7-10-23(34-3)24(15-18)35-4/h5-10,15,19,26,29-30H,11-14H2,1-4H3/t19-,26-/m1/s1. The first-order valence-corrected chi connectivity index (χ1v) is 11.8. The van der Waals surface area contributed by atoms with Crippen molar-refractivity contribution in [3.63, 3.8) is 0 Å². The molecular formula is C28H31NO7. The molecule has 2 N–H and O–H groups in total. The van der Waals surface area contributed by atoms with E-state index in [4.69, 9.17) is 18.9 Å². The van der Waals surface area contributed by atoms with Crippen LogP contribution in [0.2, 0.25) is 0 Å². The van der Waals surface area contributed by atoms with Gasteiger partial charge in [-0.25, -0.2) is 4.79 Å². The second-order valence-electron chi connectivity index (χ2n) is 8.85. The molecule has 1 heterocycles. The fourth-order valence-corrected chi connectivity index (χ4v) is 4.95. The maximum absolute atomic E-state index is 13.7. The number of hydrogen-bond acceptors (Lipinski definition) is 8. The summed E-state index contributed by atoms with van der Waals surface area (Å²) in [6.45, 7) is 2.19. The van der Waals surface area contributed by atoms with Crippen molar-refractivity contribution in [2.24, 2.45) is 0 Å². The highest BCUT2D eigenvalue weighted by molar-refractivity contribution is 6.04. The van der Waals surface area contributed by atoms with Gasteiger partial charge >= 0.3 is 5.97 Å². The van der Waals surface area contributed by atoms with E-state index in [1.165, 1.54) is 7.11 Å². The molecule has 0 spiro atoms. The SMILES string of the molecule is COCCOC(=O)C1=C(C)NC2=C(C(=O)C[C@H](c3ccc(OC)c(OC)c3)C2)[C@@H]1c1ccc(O)cc1. The van der Waals surface area contributed by atoms with Gasteiger partial charge in [-0.05, 0) is 54.7 Å². The lowest BCUT2D eigenvalue weighted by Crippen LogP contribution is -2.36. The molecule has 1 aliphatic heterocycles. The zero-order valence-electron chi connectivity index (χ0n) is 20.9. The number of ketones is 1. The highest BCUT2D eigenvalue weighted by Gasteiger charge is 2.41. The molecular weight excluding hydrogens is 462 g/mol. The van der Waals surface area contributed by atoms with Crippen molar-refractivity contribution in [3.05, 3.63) is 76.1 Å². The number of Topliss-reactive ketones (excluding diaryl/α,β-unsaturated/α-hetero) is 1. The van der Waals surface area contributed by atoms with Crippen LogP contribution >= 0.6 is 0 Å². The number of phenolic OH excluding ortho intramolecular Hbond substituents is 1. The van der Waals surface area contributed by atoms with E-state index in [-0.39, 0.29) is 37.1 Å². The van der Waals surface area contributed by atoms with Crippen molar-refractivity contribution in [3.8, 4) is 17.2 Å². The number of rotatable bonds is 8. The number of benzene rings is 2. The third-order valence-electron chi connectivity index (χ3n) is 6.67. The lowest BCUT2D eigenvalue weighted by molar-refractivity contribution is -0.140. The van der Waals surface area contributed by atoms with Gasteiger partial charge in [0.15, 0.2) is 17.3 Å². The summed E-state index contributed by atoms with van der Waals surface area (Å²) in [6.07, 6.45) is 0.879. The molecule has 0 unspecified atom stereocenters. The summed E-state index contributed by atoms with van der Waals surface area (Å²) in [6, 6.07) is 12.3. The molecule has 8 heteroatoms. The van der Waals surface area contributed by atoms with Gasteiger partial charge in [-0.2, -0.15) is 0 Å². The Morgan fingerprint density at radius 1 is 0.972 bits per heavy atom. The summed E-state index contributed by atoms with van der Waals surface area (Å²) < 4.78 is 21.3. The third kappa shape index (κ3) is 4.95. The minimum absolute atomic E-state index is 0.0451. The molecule has 0 fully saturated rings. The monoisotopic (exact) mass is 493 g/mol. The molecule has 4 rings (SSSR count). The van der Waals surface area contributed by atoms with E-state index < -0.39 is 11.9 Å². The Morgan fingerprint density at radius 3 is 2.33 bits per heavy atom. The van der Waals surface area contributed by atoms with Gasteiger partial charge in [0.05, 0.1) is 26.4 Å². The third-order valence-corrected chi connectivity index (χ3v) is 6.67. The summed E-state index contributed by atoms with van der Waals surface area (Å²) in [7, 11) is 4.70. The van der Waals surface area contributed by atoms with Gasteiger partial charge in [0.25, 0.3) is 0 Å². The van der Waals surface area contributed by atoms with Crippen LogP contribution in [0.3, 0.4) is 0 Å². The number of allylic oxidation sites excluding steroid dienone is 3. The number of carbonyl (C=O) groups is 2. The summed E-state index contributed by atoms with van der Waals surface area (Å²) in [5.74, 6) is 0.130. The van der Waals surface area contributed by atoms with E-state index >= 15 is 0 Å². The molecule has 1 aliphatic carbocycles. The average Bonchev–Trinajstić information content (AvgIpc) is 2.87. The highest BCUT2D eigenvalue weighted by atomic mass is 16.6. The summed E-state index contributed by atoms with van der Waals surface area (Å²) in [4.78, 5) is 26.8. The Morgan fingerprint density at radius 2 is 1.67 bits per heavy atom. The van der Waals surface area contributed by atoms with Gasteiger partial charge in [0, 0.05) is 36.4 Å². The number of nitrogens with one attached hydrogen (secondary N) is 1. The zero-order valence-corrected chi connectivity index (χ0v) is 20.9. The van der Waals surface area contributed by atoms with E-state index in [0.29, 0.717) is 34.8 Å². The van der Waals surface area contributed by atoms with Gasteiger partial charge in [-0.3, -0.25) is 4.79 Å². The Bertz CT molecular complexity index is 1210. The predicted molar refractivity (Wildman–Crippen MR) is 133 cm³/mol. The van der Waals surface area contributed by atoms with Gasteiger partial charge in [-0.15, -0.1) is 0 Å². The van der Waals surface area contributed by atoms with Crippen LogP contribution in [0.15, 0.2) is 65.0 Å². The molecule has 2 aromatic rings. The van der Waals surface area contributed by atoms with Crippen molar-refractivity contribution < 1.29 is 33.6 Å². The van der Waals surface area contributed by atoms with E-state index in [2.05, 4.69) is 5.32 Å². The van der Waals surface area contributed by atoms with Crippen molar-refractivity contribution in [1.82, 2.24) is 5.32 Å². The molecule has 36 heavy (non-hydrogen) atoms. The first-order valence-electron chi connectivity index (χ1n) is 11.8.